The average Bonchev–Trinajstić information content (AvgIpc) is 2.94. The molecule has 7 heteroatoms. The van der Waals surface area contributed by atoms with Gasteiger partial charge < -0.3 is 13.9 Å². The number of carbonyl (C=O) groups is 2. The van der Waals surface area contributed by atoms with E-state index in [2.05, 4.69) is 10.5 Å². The number of methoxy groups -OCH3 is 1. The average molecular weight is 316 g/mol. The van der Waals surface area contributed by atoms with Crippen LogP contribution in [0.25, 0.3) is 0 Å². The third-order valence-electron chi connectivity index (χ3n) is 2.92. The highest BCUT2D eigenvalue weighted by molar-refractivity contribution is 5.95. The number of benzene rings is 1. The number of nitrogens with one attached hydrogen (secondary N) is 1. The molecule has 2 rings (SSSR count). The van der Waals surface area contributed by atoms with E-state index in [1.54, 1.807) is 31.2 Å². The van der Waals surface area contributed by atoms with Crippen molar-refractivity contribution >= 4 is 18.1 Å². The van der Waals surface area contributed by atoms with Gasteiger partial charge in [-0.25, -0.2) is 5.43 Å². The van der Waals surface area contributed by atoms with Gasteiger partial charge >= 0.3 is 5.97 Å². The predicted octanol–water partition coefficient (Wildman–Crippen LogP) is 2.29. The highest BCUT2D eigenvalue weighted by atomic mass is 16.6. The summed E-state index contributed by atoms with van der Waals surface area (Å²) < 4.78 is 15.2. The van der Waals surface area contributed by atoms with Gasteiger partial charge in [0.05, 0.1) is 25.2 Å². The van der Waals surface area contributed by atoms with E-state index in [0.717, 1.165) is 0 Å². The van der Waals surface area contributed by atoms with Gasteiger partial charge in [-0.15, -0.1) is 0 Å². The maximum Gasteiger partial charge on any atom is 0.308 e. The van der Waals surface area contributed by atoms with Gasteiger partial charge in [0.1, 0.15) is 5.76 Å². The lowest BCUT2D eigenvalue weighted by Gasteiger charge is -2.08. The molecule has 2 aromatic rings. The zero-order valence-corrected chi connectivity index (χ0v) is 13.0. The molecule has 1 N–H and O–H groups in total. The molecular formula is C16H16N2O5. The third kappa shape index (κ3) is 4.19. The lowest BCUT2D eigenvalue weighted by Crippen LogP contribution is -2.17. The highest BCUT2D eigenvalue weighted by Crippen LogP contribution is 2.27. The van der Waals surface area contributed by atoms with Crippen molar-refractivity contribution in [2.45, 2.75) is 13.8 Å². The van der Waals surface area contributed by atoms with Crippen molar-refractivity contribution in [3.63, 3.8) is 0 Å². The number of aryl methyl sites for hydroxylation is 1. The van der Waals surface area contributed by atoms with Crippen molar-refractivity contribution in [1.29, 1.82) is 0 Å². The Balaban J connectivity index is 2.06. The van der Waals surface area contributed by atoms with Gasteiger partial charge in [0.25, 0.3) is 5.91 Å². The van der Waals surface area contributed by atoms with Crippen molar-refractivity contribution in [2.75, 3.05) is 7.11 Å². The van der Waals surface area contributed by atoms with Crippen molar-refractivity contribution in [2.24, 2.45) is 5.10 Å². The fraction of sp³-hybridized carbons (Fsp3) is 0.188. The van der Waals surface area contributed by atoms with Crippen molar-refractivity contribution in [3.05, 3.63) is 47.4 Å². The SMILES string of the molecule is COc1cc(C=NNC(=O)c2ccoc2C)ccc1OC(C)=O. The first-order chi connectivity index (χ1) is 11.0. The molecule has 0 fully saturated rings. The monoisotopic (exact) mass is 316 g/mol. The summed E-state index contributed by atoms with van der Waals surface area (Å²) in [6.07, 6.45) is 2.89. The van der Waals surface area contributed by atoms with Crippen molar-refractivity contribution in [1.82, 2.24) is 5.43 Å². The number of carbonyl (C=O) groups excluding carboxylic acids is 2. The first kappa shape index (κ1) is 16.3. The minimum Gasteiger partial charge on any atom is -0.493 e. The fourth-order valence-corrected chi connectivity index (χ4v) is 1.85. The number of amides is 1. The maximum atomic E-state index is 11.8. The smallest absolute Gasteiger partial charge is 0.308 e. The zero-order valence-electron chi connectivity index (χ0n) is 13.0. The lowest BCUT2D eigenvalue weighted by atomic mass is 10.2. The van der Waals surface area contributed by atoms with Gasteiger partial charge in [-0.05, 0) is 36.8 Å². The van der Waals surface area contributed by atoms with Crippen LogP contribution in [0.4, 0.5) is 0 Å². The number of hydrogen-bond donors (Lipinski definition) is 1. The Kier molecular flexibility index (Phi) is 5.14. The van der Waals surface area contributed by atoms with Crippen LogP contribution >= 0.6 is 0 Å². The first-order valence-electron chi connectivity index (χ1n) is 6.75. The Morgan fingerprint density at radius 3 is 2.65 bits per heavy atom. The van der Waals surface area contributed by atoms with E-state index in [9.17, 15) is 9.59 Å². The van der Waals surface area contributed by atoms with Crippen LogP contribution in [0.2, 0.25) is 0 Å². The van der Waals surface area contributed by atoms with Crippen molar-refractivity contribution < 1.29 is 23.5 Å². The van der Waals surface area contributed by atoms with Gasteiger partial charge in [-0.2, -0.15) is 5.10 Å². The number of furan rings is 1. The molecule has 0 aliphatic heterocycles. The fourth-order valence-electron chi connectivity index (χ4n) is 1.85. The van der Waals surface area contributed by atoms with Crippen LogP contribution in [0, 0.1) is 6.92 Å². The molecular weight excluding hydrogens is 300 g/mol. The zero-order chi connectivity index (χ0) is 16.8. The summed E-state index contributed by atoms with van der Waals surface area (Å²) in [5, 5.41) is 3.88. The van der Waals surface area contributed by atoms with Crippen LogP contribution in [-0.2, 0) is 4.79 Å². The number of nitrogens with zero attached hydrogens (tertiary/aromatic N) is 1. The van der Waals surface area contributed by atoms with E-state index in [4.69, 9.17) is 13.9 Å². The molecule has 7 nitrogen and oxygen atoms in total. The molecule has 1 aromatic carbocycles. The highest BCUT2D eigenvalue weighted by Gasteiger charge is 2.10. The summed E-state index contributed by atoms with van der Waals surface area (Å²) >= 11 is 0. The maximum absolute atomic E-state index is 11.8. The van der Waals surface area contributed by atoms with Gasteiger partial charge in [-0.3, -0.25) is 9.59 Å². The third-order valence-corrected chi connectivity index (χ3v) is 2.92. The molecule has 23 heavy (non-hydrogen) atoms. The van der Waals surface area contributed by atoms with Crippen molar-refractivity contribution in [3.8, 4) is 11.5 Å². The molecule has 120 valence electrons. The number of hydrogen-bond acceptors (Lipinski definition) is 6. The van der Waals surface area contributed by atoms with E-state index in [-0.39, 0.29) is 5.91 Å². The number of ether oxygens (including phenoxy) is 2. The quantitative estimate of drug-likeness (QED) is 0.395. The standard InChI is InChI=1S/C16H16N2O5/c1-10-13(6-7-22-10)16(20)18-17-9-12-4-5-14(23-11(2)19)15(8-12)21-3/h4-9H,1-3H3,(H,18,20). The number of esters is 1. The minimum atomic E-state index is -0.438. The van der Waals surface area contributed by atoms with E-state index in [1.165, 1.54) is 26.5 Å². The lowest BCUT2D eigenvalue weighted by molar-refractivity contribution is -0.132. The molecule has 0 radical (unpaired) electrons. The number of hydrazone groups is 1. The normalized spacial score (nSPS) is 10.6. The molecule has 0 saturated heterocycles. The Morgan fingerprint density at radius 2 is 2.04 bits per heavy atom. The summed E-state index contributed by atoms with van der Waals surface area (Å²) in [5.41, 5.74) is 3.49. The van der Waals surface area contributed by atoms with Crippen LogP contribution < -0.4 is 14.9 Å². The van der Waals surface area contributed by atoms with Crippen LogP contribution in [0.1, 0.15) is 28.6 Å². The molecule has 1 amide bonds. The molecule has 1 heterocycles. The Morgan fingerprint density at radius 1 is 1.26 bits per heavy atom. The topological polar surface area (TPSA) is 90.1 Å². The first-order valence-corrected chi connectivity index (χ1v) is 6.75. The van der Waals surface area contributed by atoms with E-state index in [0.29, 0.717) is 28.4 Å². The second-order valence-corrected chi connectivity index (χ2v) is 4.59. The van der Waals surface area contributed by atoms with Gasteiger partial charge in [-0.1, -0.05) is 0 Å². The second-order valence-electron chi connectivity index (χ2n) is 4.59. The summed E-state index contributed by atoms with van der Waals surface area (Å²) in [6.45, 7) is 3.00. The summed E-state index contributed by atoms with van der Waals surface area (Å²) in [4.78, 5) is 22.8. The predicted molar refractivity (Wildman–Crippen MR) is 82.8 cm³/mol. The number of rotatable bonds is 5. The van der Waals surface area contributed by atoms with Gasteiger partial charge in [0.2, 0.25) is 0 Å². The summed E-state index contributed by atoms with van der Waals surface area (Å²) in [7, 11) is 1.46. The Bertz CT molecular complexity index is 749. The summed E-state index contributed by atoms with van der Waals surface area (Å²) in [6, 6.07) is 6.47. The van der Waals surface area contributed by atoms with Gasteiger partial charge in [0.15, 0.2) is 11.5 Å². The Labute approximate surface area is 132 Å². The molecule has 0 spiro atoms. The Hall–Kier alpha value is -3.09. The van der Waals surface area contributed by atoms with Crippen LogP contribution in [-0.4, -0.2) is 25.2 Å². The minimum absolute atomic E-state index is 0.315. The molecule has 0 bridgehead atoms. The second kappa shape index (κ2) is 7.26. The van der Waals surface area contributed by atoms with Crippen LogP contribution in [0.5, 0.6) is 11.5 Å². The van der Waals surface area contributed by atoms with E-state index in [1.807, 2.05) is 0 Å². The largest absolute Gasteiger partial charge is 0.493 e. The summed E-state index contributed by atoms with van der Waals surface area (Å²) in [5.74, 6) is 0.421. The molecule has 1 aromatic heterocycles. The van der Waals surface area contributed by atoms with Crippen LogP contribution in [0.3, 0.4) is 0 Å². The van der Waals surface area contributed by atoms with Gasteiger partial charge in [0, 0.05) is 6.92 Å². The molecule has 0 aliphatic carbocycles. The molecule has 0 aliphatic rings. The molecule has 0 unspecified atom stereocenters. The van der Waals surface area contributed by atoms with E-state index < -0.39 is 5.97 Å². The van der Waals surface area contributed by atoms with E-state index >= 15 is 0 Å². The molecule has 0 saturated carbocycles. The van der Waals surface area contributed by atoms with Crippen LogP contribution in [0.15, 0.2) is 40.0 Å². The molecule has 0 atom stereocenters.